The lowest BCUT2D eigenvalue weighted by Crippen LogP contribution is -2.47. The maximum Gasteiger partial charge on any atom is 0.269 e. The molecular formula is C23H25F2N5O2. The van der Waals surface area contributed by atoms with Crippen molar-refractivity contribution in [3.8, 4) is 0 Å². The first-order valence-corrected chi connectivity index (χ1v) is 10.5. The third-order valence-electron chi connectivity index (χ3n) is 6.11. The molecular weight excluding hydrogens is 416 g/mol. The number of benzene rings is 1. The molecule has 1 aliphatic rings. The number of halogens is 2. The first kappa shape index (κ1) is 21.9. The Bertz CT molecular complexity index is 1240. The summed E-state index contributed by atoms with van der Waals surface area (Å²) in [6.45, 7) is 5.88. The number of rotatable bonds is 4. The van der Waals surface area contributed by atoms with Crippen LogP contribution in [-0.2, 0) is 0 Å². The summed E-state index contributed by atoms with van der Waals surface area (Å²) >= 11 is 0. The van der Waals surface area contributed by atoms with Gasteiger partial charge in [-0.25, -0.2) is 9.37 Å². The Morgan fingerprint density at radius 1 is 1.16 bits per heavy atom. The molecule has 1 amide bonds. The minimum atomic E-state index is -0.688. The fourth-order valence-corrected chi connectivity index (χ4v) is 4.15. The van der Waals surface area contributed by atoms with E-state index in [0.717, 1.165) is 0 Å². The molecule has 0 radical (unpaired) electrons. The number of aromatic nitrogens is 2. The number of fused-ring (bicyclic) bond motifs is 1. The standard InChI is InChI=1S/C23H25F2N5O2/c1-13-12-15-4-5-16(19(24)20(15)28-22(13)31)14(2)29-8-10-30(11-9-29)18-7-6-17(23(32)26-3)27-21(18)25/h4-7,12,14H,8-11H2,1-3H3,(H,26,32)(H,28,31)/t14-/m0/s1. The molecule has 1 aliphatic heterocycles. The molecule has 1 aromatic carbocycles. The van der Waals surface area contributed by atoms with Gasteiger partial charge in [0, 0.05) is 55.8 Å². The summed E-state index contributed by atoms with van der Waals surface area (Å²) in [5.41, 5.74) is 1.34. The van der Waals surface area contributed by atoms with Gasteiger partial charge in [-0.15, -0.1) is 0 Å². The van der Waals surface area contributed by atoms with Crippen LogP contribution < -0.4 is 15.8 Å². The van der Waals surface area contributed by atoms with E-state index in [-0.39, 0.29) is 22.8 Å². The molecule has 1 saturated heterocycles. The van der Waals surface area contributed by atoms with Crippen LogP contribution in [0.2, 0.25) is 0 Å². The minimum absolute atomic E-state index is 0.0287. The van der Waals surface area contributed by atoms with E-state index >= 15 is 4.39 Å². The smallest absolute Gasteiger partial charge is 0.269 e. The number of amides is 1. The number of piperazine rings is 1. The maximum atomic E-state index is 15.2. The molecule has 7 nitrogen and oxygen atoms in total. The van der Waals surface area contributed by atoms with Crippen molar-refractivity contribution in [3.63, 3.8) is 0 Å². The molecule has 32 heavy (non-hydrogen) atoms. The number of hydrogen-bond acceptors (Lipinski definition) is 5. The first-order chi connectivity index (χ1) is 15.3. The van der Waals surface area contributed by atoms with Crippen LogP contribution in [0.4, 0.5) is 14.5 Å². The molecule has 1 fully saturated rings. The zero-order chi connectivity index (χ0) is 23.0. The second-order valence-electron chi connectivity index (χ2n) is 8.00. The van der Waals surface area contributed by atoms with Gasteiger partial charge in [0.25, 0.3) is 11.5 Å². The Labute approximate surface area is 184 Å². The molecule has 3 aromatic rings. The van der Waals surface area contributed by atoms with E-state index in [9.17, 15) is 14.0 Å². The largest absolute Gasteiger partial charge is 0.365 e. The molecule has 168 valence electrons. The Balaban J connectivity index is 1.50. The summed E-state index contributed by atoms with van der Waals surface area (Å²) in [4.78, 5) is 34.0. The molecule has 0 bridgehead atoms. The average molecular weight is 441 g/mol. The number of hydrogen-bond donors (Lipinski definition) is 2. The van der Waals surface area contributed by atoms with Crippen molar-refractivity contribution in [3.05, 3.63) is 69.3 Å². The predicted octanol–water partition coefficient (Wildman–Crippen LogP) is 2.75. The Hall–Kier alpha value is -3.33. The number of carbonyl (C=O) groups is 1. The van der Waals surface area contributed by atoms with E-state index in [1.165, 1.54) is 13.1 Å². The van der Waals surface area contributed by atoms with E-state index < -0.39 is 17.7 Å². The van der Waals surface area contributed by atoms with Crippen molar-refractivity contribution >= 4 is 22.5 Å². The van der Waals surface area contributed by atoms with Crippen molar-refractivity contribution in [1.82, 2.24) is 20.2 Å². The maximum absolute atomic E-state index is 15.2. The van der Waals surface area contributed by atoms with Gasteiger partial charge in [-0.1, -0.05) is 12.1 Å². The van der Waals surface area contributed by atoms with Gasteiger partial charge in [-0.3, -0.25) is 14.5 Å². The van der Waals surface area contributed by atoms with Crippen LogP contribution in [0, 0.1) is 18.7 Å². The second-order valence-corrected chi connectivity index (χ2v) is 8.00. The van der Waals surface area contributed by atoms with E-state index in [0.29, 0.717) is 48.4 Å². The van der Waals surface area contributed by atoms with Crippen LogP contribution >= 0.6 is 0 Å². The van der Waals surface area contributed by atoms with Crippen LogP contribution in [0.5, 0.6) is 0 Å². The topological polar surface area (TPSA) is 81.3 Å². The highest BCUT2D eigenvalue weighted by molar-refractivity contribution is 5.92. The van der Waals surface area contributed by atoms with Gasteiger partial charge in [0.2, 0.25) is 5.95 Å². The zero-order valence-electron chi connectivity index (χ0n) is 18.2. The Morgan fingerprint density at radius 3 is 2.53 bits per heavy atom. The lowest BCUT2D eigenvalue weighted by Gasteiger charge is -2.39. The monoisotopic (exact) mass is 441 g/mol. The molecule has 2 N–H and O–H groups in total. The number of aromatic amines is 1. The van der Waals surface area contributed by atoms with Gasteiger partial charge in [0.05, 0.1) is 11.2 Å². The van der Waals surface area contributed by atoms with Crippen molar-refractivity contribution in [2.75, 3.05) is 38.1 Å². The Kier molecular flexibility index (Phi) is 5.92. The summed E-state index contributed by atoms with van der Waals surface area (Å²) in [7, 11) is 1.47. The SMILES string of the molecule is CNC(=O)c1ccc(N2CCN([C@@H](C)c3ccc4cc(C)c(=O)[nH]c4c3F)CC2)c(F)n1. The predicted molar refractivity (Wildman–Crippen MR) is 119 cm³/mol. The number of aryl methyl sites for hydroxylation is 1. The van der Waals surface area contributed by atoms with Crippen LogP contribution in [0.3, 0.4) is 0 Å². The van der Waals surface area contributed by atoms with E-state index in [4.69, 9.17) is 0 Å². The lowest BCUT2D eigenvalue weighted by molar-refractivity contribution is 0.0957. The molecule has 0 saturated carbocycles. The molecule has 0 spiro atoms. The number of pyridine rings is 2. The van der Waals surface area contributed by atoms with Gasteiger partial charge >= 0.3 is 0 Å². The van der Waals surface area contributed by atoms with Gasteiger partial charge in [-0.05, 0) is 32.0 Å². The average Bonchev–Trinajstić information content (AvgIpc) is 2.80. The van der Waals surface area contributed by atoms with Crippen LogP contribution in [-0.4, -0.2) is 54.0 Å². The third-order valence-corrected chi connectivity index (χ3v) is 6.11. The summed E-state index contributed by atoms with van der Waals surface area (Å²) in [6, 6.07) is 8.10. The molecule has 0 unspecified atom stereocenters. The van der Waals surface area contributed by atoms with Gasteiger partial charge in [0.1, 0.15) is 5.69 Å². The third kappa shape index (κ3) is 3.95. The highest BCUT2D eigenvalue weighted by atomic mass is 19.1. The molecule has 1 atom stereocenters. The van der Waals surface area contributed by atoms with Crippen LogP contribution in [0.1, 0.15) is 34.6 Å². The first-order valence-electron chi connectivity index (χ1n) is 10.5. The molecule has 0 aliphatic carbocycles. The van der Waals surface area contributed by atoms with E-state index in [2.05, 4.69) is 20.2 Å². The Morgan fingerprint density at radius 2 is 1.88 bits per heavy atom. The summed E-state index contributed by atoms with van der Waals surface area (Å²) in [6.07, 6.45) is 0. The van der Waals surface area contributed by atoms with Crippen LogP contribution in [0.15, 0.2) is 35.1 Å². The number of nitrogens with one attached hydrogen (secondary N) is 2. The fourth-order valence-electron chi connectivity index (χ4n) is 4.15. The fraction of sp³-hybridized carbons (Fsp3) is 0.348. The molecule has 4 rings (SSSR count). The van der Waals surface area contributed by atoms with Gasteiger partial charge in [0.15, 0.2) is 5.82 Å². The highest BCUT2D eigenvalue weighted by Gasteiger charge is 2.26. The second kappa shape index (κ2) is 8.66. The van der Waals surface area contributed by atoms with Crippen LogP contribution in [0.25, 0.3) is 10.9 Å². The highest BCUT2D eigenvalue weighted by Crippen LogP contribution is 2.29. The molecule has 9 heteroatoms. The quantitative estimate of drug-likeness (QED) is 0.609. The summed E-state index contributed by atoms with van der Waals surface area (Å²) < 4.78 is 29.7. The number of H-pyrrole nitrogens is 1. The van der Waals surface area contributed by atoms with Crippen molar-refractivity contribution in [2.24, 2.45) is 0 Å². The van der Waals surface area contributed by atoms with Gasteiger partial charge < -0.3 is 15.2 Å². The van der Waals surface area contributed by atoms with E-state index in [1.54, 1.807) is 25.1 Å². The summed E-state index contributed by atoms with van der Waals surface area (Å²) in [5.74, 6) is -1.55. The minimum Gasteiger partial charge on any atom is -0.365 e. The van der Waals surface area contributed by atoms with Crippen molar-refractivity contribution in [1.29, 1.82) is 0 Å². The number of anilines is 1. The zero-order valence-corrected chi connectivity index (χ0v) is 18.2. The van der Waals surface area contributed by atoms with Crippen molar-refractivity contribution in [2.45, 2.75) is 19.9 Å². The van der Waals surface area contributed by atoms with E-state index in [1.807, 2.05) is 17.9 Å². The molecule has 3 heterocycles. The van der Waals surface area contributed by atoms with Gasteiger partial charge in [-0.2, -0.15) is 4.39 Å². The summed E-state index contributed by atoms with van der Waals surface area (Å²) in [5, 5.41) is 3.08. The number of nitrogens with zero attached hydrogens (tertiary/aromatic N) is 3. The number of carbonyl (C=O) groups excluding carboxylic acids is 1. The van der Waals surface area contributed by atoms with Crippen molar-refractivity contribution < 1.29 is 13.6 Å². The lowest BCUT2D eigenvalue weighted by atomic mass is 10.0. The normalized spacial score (nSPS) is 15.7. The molecule has 2 aromatic heterocycles.